The van der Waals surface area contributed by atoms with Crippen molar-refractivity contribution < 1.29 is 49.4 Å². The van der Waals surface area contributed by atoms with E-state index in [0.29, 0.717) is 5.56 Å². The number of carbonyl (C=O) groups is 2. The summed E-state index contributed by atoms with van der Waals surface area (Å²) in [6, 6.07) is 4.68. The largest absolute Gasteiger partial charge is 0.471 e. The van der Waals surface area contributed by atoms with E-state index in [0.717, 1.165) is 38.2 Å². The van der Waals surface area contributed by atoms with E-state index in [2.05, 4.69) is 25.9 Å². The number of hydrogen-bond acceptors (Lipinski definition) is 6. The van der Waals surface area contributed by atoms with Gasteiger partial charge in [0.15, 0.2) is 12.3 Å². The van der Waals surface area contributed by atoms with E-state index < -0.39 is 37.4 Å². The predicted octanol–water partition coefficient (Wildman–Crippen LogP) is 6.64. The molecule has 3 N–H and O–H groups in total. The van der Waals surface area contributed by atoms with Crippen LogP contribution >= 0.6 is 0 Å². The molecule has 2 aromatic heterocycles. The zero-order chi connectivity index (χ0) is 33.3. The molecule has 45 heavy (non-hydrogen) atoms. The number of alkyl halides is 8. The third-order valence-corrected chi connectivity index (χ3v) is 6.79. The molecule has 0 bridgehead atoms. The lowest BCUT2D eigenvalue weighted by molar-refractivity contribution is -0.137. The number of anilines is 2. The molecule has 0 spiro atoms. The molecule has 1 aliphatic carbocycles. The zero-order valence-electron chi connectivity index (χ0n) is 24.3. The Bertz CT molecular complexity index is 1460. The van der Waals surface area contributed by atoms with Crippen molar-refractivity contribution >= 4 is 34.6 Å². The van der Waals surface area contributed by atoms with Gasteiger partial charge in [-0.25, -0.2) is 13.8 Å². The topological polar surface area (TPSA) is 110 Å². The molecule has 0 atom stereocenters. The summed E-state index contributed by atoms with van der Waals surface area (Å²) in [5, 5.41) is 8.19. The molecule has 1 aliphatic rings. The minimum atomic E-state index is -4.70. The van der Waals surface area contributed by atoms with Crippen LogP contribution in [0.1, 0.15) is 66.9 Å². The Morgan fingerprint density at radius 2 is 1.71 bits per heavy atom. The van der Waals surface area contributed by atoms with E-state index in [1.54, 1.807) is 6.92 Å². The Labute approximate surface area is 252 Å². The average molecular weight is 653 g/mol. The van der Waals surface area contributed by atoms with Crippen LogP contribution in [0.2, 0.25) is 0 Å². The number of ether oxygens (including phenoxy) is 1. The van der Waals surface area contributed by atoms with Crippen molar-refractivity contribution in [2.75, 3.05) is 11.9 Å². The van der Waals surface area contributed by atoms with Crippen molar-refractivity contribution in [2.45, 2.75) is 77.3 Å². The molecule has 0 unspecified atom stereocenters. The number of pyridine rings is 1. The van der Waals surface area contributed by atoms with Crippen LogP contribution in [0, 0.1) is 0 Å². The Balaban J connectivity index is 0.00000130. The van der Waals surface area contributed by atoms with Crippen molar-refractivity contribution in [2.24, 2.45) is 7.05 Å². The fraction of sp³-hybridized carbons (Fsp3) is 0.500. The van der Waals surface area contributed by atoms with E-state index >= 15 is 0 Å². The van der Waals surface area contributed by atoms with Crippen LogP contribution in [0.4, 0.5) is 46.8 Å². The highest BCUT2D eigenvalue weighted by molar-refractivity contribution is 5.99. The Morgan fingerprint density at radius 1 is 1.04 bits per heavy atom. The first-order chi connectivity index (χ1) is 21.2. The first kappa shape index (κ1) is 35.3. The monoisotopic (exact) mass is 652 g/mol. The van der Waals surface area contributed by atoms with E-state index in [4.69, 9.17) is 4.74 Å². The maximum Gasteiger partial charge on any atom is 0.418 e. The maximum absolute atomic E-state index is 13.8. The van der Waals surface area contributed by atoms with Crippen molar-refractivity contribution in [1.29, 1.82) is 0 Å². The van der Waals surface area contributed by atoms with Crippen LogP contribution < -0.4 is 20.7 Å². The quantitative estimate of drug-likeness (QED) is 0.212. The summed E-state index contributed by atoms with van der Waals surface area (Å²) >= 11 is 0. The number of nitrogens with one attached hydrogen (secondary N) is 3. The van der Waals surface area contributed by atoms with Crippen LogP contribution in [0.3, 0.4) is 0 Å². The van der Waals surface area contributed by atoms with Gasteiger partial charge in [0.05, 0.1) is 11.3 Å². The van der Waals surface area contributed by atoms with Gasteiger partial charge in [0.2, 0.25) is 17.7 Å². The van der Waals surface area contributed by atoms with Gasteiger partial charge in [-0.15, -0.1) is 0 Å². The normalized spacial score (nSPS) is 13.9. The molecule has 9 nitrogen and oxygen atoms in total. The maximum atomic E-state index is 13.8. The lowest BCUT2D eigenvalue weighted by Gasteiger charge is -2.23. The molecule has 1 aromatic carbocycles. The summed E-state index contributed by atoms with van der Waals surface area (Å²) < 4.78 is 103. The number of imidazole rings is 1. The second-order valence-corrected chi connectivity index (χ2v) is 10.1. The van der Waals surface area contributed by atoms with Crippen LogP contribution in [0.15, 0.2) is 24.3 Å². The molecular weight excluding hydrogens is 620 g/mol. The third kappa shape index (κ3) is 10.2. The molecule has 1 saturated carbocycles. The molecule has 248 valence electrons. The minimum Gasteiger partial charge on any atom is -0.471 e. The molecule has 2 amide bonds. The number of benzene rings is 1. The molecule has 0 aliphatic heterocycles. The number of carbonyl (C=O) groups excluding carboxylic acids is 2. The summed E-state index contributed by atoms with van der Waals surface area (Å²) in [5.74, 6) is -1.19. The van der Waals surface area contributed by atoms with Crippen LogP contribution in [0.5, 0.6) is 5.88 Å². The highest BCUT2D eigenvalue weighted by Crippen LogP contribution is 2.37. The van der Waals surface area contributed by atoms with Gasteiger partial charge < -0.3 is 20.7 Å². The average Bonchev–Trinajstić information content (AvgIpc) is 3.27. The van der Waals surface area contributed by atoms with Crippen molar-refractivity contribution in [3.8, 4) is 5.88 Å². The van der Waals surface area contributed by atoms with Crippen molar-refractivity contribution in [3.63, 3.8) is 0 Å². The highest BCUT2D eigenvalue weighted by atomic mass is 19.4. The first-order valence-corrected chi connectivity index (χ1v) is 13.9. The summed E-state index contributed by atoms with van der Waals surface area (Å²) in [4.78, 5) is 33.3. The zero-order valence-corrected chi connectivity index (χ0v) is 24.3. The van der Waals surface area contributed by atoms with E-state index in [1.165, 1.54) is 29.8 Å². The number of halogens is 8. The predicted molar refractivity (Wildman–Crippen MR) is 148 cm³/mol. The molecule has 0 radical (unpaired) electrons. The number of nitrogens with zero attached hydrogens (tertiary/aromatic N) is 3. The Morgan fingerprint density at radius 3 is 2.31 bits per heavy atom. The second-order valence-electron chi connectivity index (χ2n) is 10.1. The second kappa shape index (κ2) is 15.7. The fourth-order valence-corrected chi connectivity index (χ4v) is 4.63. The molecule has 4 rings (SSSR count). The Kier molecular flexibility index (Phi) is 12.3. The SMILES string of the molecule is CCC(=O)NCc1ccc(C(F)(F)F)c(Nc2nc3cc(C(=O)NC4CCCCC4)c(OCC(F)F)nc3n2C)c1.FC(F)F. The van der Waals surface area contributed by atoms with Gasteiger partial charge in [-0.2, -0.15) is 31.3 Å². The number of aromatic nitrogens is 3. The van der Waals surface area contributed by atoms with Gasteiger partial charge >= 0.3 is 12.9 Å². The van der Waals surface area contributed by atoms with E-state index in [1.807, 2.05) is 0 Å². The highest BCUT2D eigenvalue weighted by Gasteiger charge is 2.34. The number of hydrogen-bond donors (Lipinski definition) is 3. The summed E-state index contributed by atoms with van der Waals surface area (Å²) in [5.41, 5.74) is -0.708. The van der Waals surface area contributed by atoms with Gasteiger partial charge in [0, 0.05) is 26.1 Å². The van der Waals surface area contributed by atoms with Gasteiger partial charge in [0.1, 0.15) is 11.1 Å². The number of rotatable bonds is 10. The van der Waals surface area contributed by atoms with Crippen molar-refractivity contribution in [3.05, 3.63) is 41.0 Å². The smallest absolute Gasteiger partial charge is 0.418 e. The first-order valence-electron chi connectivity index (χ1n) is 13.9. The fourth-order valence-electron chi connectivity index (χ4n) is 4.63. The number of fused-ring (bicyclic) bond motifs is 1. The summed E-state index contributed by atoms with van der Waals surface area (Å²) in [7, 11) is 1.47. The van der Waals surface area contributed by atoms with Crippen molar-refractivity contribution in [1.82, 2.24) is 25.2 Å². The number of aryl methyl sites for hydroxylation is 1. The molecular formula is C28H32F8N6O3. The molecule has 17 heteroatoms. The molecule has 1 fully saturated rings. The molecule has 0 saturated heterocycles. The Hall–Kier alpha value is -4.18. The van der Waals surface area contributed by atoms with Gasteiger partial charge in [-0.1, -0.05) is 32.3 Å². The third-order valence-electron chi connectivity index (χ3n) is 6.79. The molecule has 3 aromatic rings. The minimum absolute atomic E-state index is 0.0217. The number of amides is 2. The van der Waals surface area contributed by atoms with Gasteiger partial charge in [-0.3, -0.25) is 14.2 Å². The standard InChI is InChI=1S/C27H31F5N6O3.CHF3/c1-3-22(39)33-13-15-9-10-18(27(30,31)32)19(11-15)35-26-36-20-12-17(24(40)34-16-7-5-4-6-8-16)25(41-14-21(28)29)37-23(20)38(26)2;2-1(3)4/h9-12,16,21H,3-8,13-14H2,1-2H3,(H,33,39)(H,34,40)(H,35,36);1H. The van der Waals surface area contributed by atoms with Gasteiger partial charge in [0.25, 0.3) is 12.3 Å². The van der Waals surface area contributed by atoms with Crippen LogP contribution in [0.25, 0.3) is 11.2 Å². The molecule has 2 heterocycles. The summed E-state index contributed by atoms with van der Waals surface area (Å²) in [6.07, 6.45) is -2.74. The van der Waals surface area contributed by atoms with Gasteiger partial charge in [-0.05, 0) is 36.6 Å². The van der Waals surface area contributed by atoms with E-state index in [-0.39, 0.29) is 59.2 Å². The lowest BCUT2D eigenvalue weighted by Crippen LogP contribution is -2.36. The lowest BCUT2D eigenvalue weighted by atomic mass is 9.95. The van der Waals surface area contributed by atoms with E-state index in [9.17, 15) is 44.7 Å². The summed E-state index contributed by atoms with van der Waals surface area (Å²) in [6.45, 7) is -2.99. The van der Waals surface area contributed by atoms with Crippen LogP contribution in [-0.4, -0.2) is 52.1 Å². The van der Waals surface area contributed by atoms with Crippen LogP contribution in [-0.2, 0) is 24.6 Å².